The third kappa shape index (κ3) is 6.74. The number of unbranched alkanes of at least 4 members (excludes halogenated alkanes) is 2. The Balaban J connectivity index is 2.44. The van der Waals surface area contributed by atoms with Gasteiger partial charge in [-0.3, -0.25) is 0 Å². The fourth-order valence-corrected chi connectivity index (χ4v) is 2.52. The summed E-state index contributed by atoms with van der Waals surface area (Å²) in [4.78, 5) is 2.55. The number of nitrogens with two attached hydrogens (primary N) is 1. The fourth-order valence-electron chi connectivity index (χ4n) is 2.32. The van der Waals surface area contributed by atoms with Gasteiger partial charge in [-0.1, -0.05) is 50.4 Å². The first-order valence-electron chi connectivity index (χ1n) is 7.90. The van der Waals surface area contributed by atoms with Crippen LogP contribution in [0.2, 0.25) is 5.02 Å². The Hall–Kier alpha value is -0.570. The van der Waals surface area contributed by atoms with Crippen LogP contribution in [-0.2, 0) is 0 Å². The summed E-state index contributed by atoms with van der Waals surface area (Å²) in [5.74, 6) is 0. The minimum absolute atomic E-state index is 0.0828. The van der Waals surface area contributed by atoms with Crippen molar-refractivity contribution >= 4 is 11.6 Å². The minimum atomic E-state index is 0.0828. The van der Waals surface area contributed by atoms with Gasteiger partial charge in [-0.15, -0.1) is 0 Å². The van der Waals surface area contributed by atoms with E-state index in [4.69, 9.17) is 17.3 Å². The molecule has 1 aromatic rings. The average Bonchev–Trinajstić information content (AvgIpc) is 2.46. The SMILES string of the molecule is CCCCN(CCCC)CCC(N)c1cccc(Cl)c1. The molecule has 0 fully saturated rings. The van der Waals surface area contributed by atoms with Crippen molar-refractivity contribution in [1.29, 1.82) is 0 Å². The number of nitrogens with zero attached hydrogens (tertiary/aromatic N) is 1. The van der Waals surface area contributed by atoms with Crippen LogP contribution in [0, 0.1) is 0 Å². The molecule has 0 spiro atoms. The first-order valence-corrected chi connectivity index (χ1v) is 8.28. The summed E-state index contributed by atoms with van der Waals surface area (Å²) in [5, 5.41) is 0.770. The predicted molar refractivity (Wildman–Crippen MR) is 89.3 cm³/mol. The van der Waals surface area contributed by atoms with Crippen LogP contribution in [0.3, 0.4) is 0 Å². The van der Waals surface area contributed by atoms with Gasteiger partial charge in [-0.05, 0) is 56.6 Å². The molecule has 0 saturated carbocycles. The van der Waals surface area contributed by atoms with E-state index in [0.717, 1.165) is 23.6 Å². The maximum atomic E-state index is 6.28. The van der Waals surface area contributed by atoms with Crippen molar-refractivity contribution in [3.63, 3.8) is 0 Å². The Bertz CT molecular complexity index is 360. The molecule has 0 aliphatic rings. The van der Waals surface area contributed by atoms with Crippen LogP contribution >= 0.6 is 11.6 Å². The molecule has 20 heavy (non-hydrogen) atoms. The van der Waals surface area contributed by atoms with Crippen molar-refractivity contribution in [3.8, 4) is 0 Å². The van der Waals surface area contributed by atoms with Crippen molar-refractivity contribution in [2.24, 2.45) is 5.73 Å². The highest BCUT2D eigenvalue weighted by Gasteiger charge is 2.10. The van der Waals surface area contributed by atoms with Crippen LogP contribution in [0.5, 0.6) is 0 Å². The van der Waals surface area contributed by atoms with Crippen LogP contribution in [0.25, 0.3) is 0 Å². The third-order valence-corrected chi connectivity index (χ3v) is 3.92. The van der Waals surface area contributed by atoms with Gasteiger partial charge in [-0.2, -0.15) is 0 Å². The second-order valence-electron chi connectivity index (χ2n) is 5.50. The lowest BCUT2D eigenvalue weighted by atomic mass is 10.0. The van der Waals surface area contributed by atoms with Gasteiger partial charge in [0.05, 0.1) is 0 Å². The van der Waals surface area contributed by atoms with E-state index in [-0.39, 0.29) is 6.04 Å². The van der Waals surface area contributed by atoms with Gasteiger partial charge >= 0.3 is 0 Å². The van der Waals surface area contributed by atoms with E-state index in [1.165, 1.54) is 38.8 Å². The molecule has 0 bridgehead atoms. The van der Waals surface area contributed by atoms with Crippen molar-refractivity contribution in [2.45, 2.75) is 52.0 Å². The quantitative estimate of drug-likeness (QED) is 0.682. The van der Waals surface area contributed by atoms with E-state index in [2.05, 4.69) is 24.8 Å². The standard InChI is InChI=1S/C17H29ClN2/c1-3-5-11-20(12-6-4-2)13-10-17(19)15-8-7-9-16(18)14-15/h7-9,14,17H,3-6,10-13,19H2,1-2H3. The Morgan fingerprint density at radius 2 is 1.75 bits per heavy atom. The summed E-state index contributed by atoms with van der Waals surface area (Å²) >= 11 is 6.02. The van der Waals surface area contributed by atoms with Gasteiger partial charge < -0.3 is 10.6 Å². The van der Waals surface area contributed by atoms with E-state index in [1.807, 2.05) is 18.2 Å². The van der Waals surface area contributed by atoms with Crippen molar-refractivity contribution in [3.05, 3.63) is 34.9 Å². The molecule has 3 heteroatoms. The normalized spacial score (nSPS) is 12.8. The Kier molecular flexibility index (Phi) is 8.92. The highest BCUT2D eigenvalue weighted by atomic mass is 35.5. The molecule has 1 aromatic carbocycles. The summed E-state index contributed by atoms with van der Waals surface area (Å²) in [7, 11) is 0. The number of hydrogen-bond donors (Lipinski definition) is 1. The van der Waals surface area contributed by atoms with Crippen molar-refractivity contribution < 1.29 is 0 Å². The molecule has 0 aliphatic carbocycles. The number of benzene rings is 1. The molecule has 0 amide bonds. The lowest BCUT2D eigenvalue weighted by Gasteiger charge is -2.24. The van der Waals surface area contributed by atoms with Crippen LogP contribution in [-0.4, -0.2) is 24.5 Å². The molecule has 0 aromatic heterocycles. The molecule has 0 saturated heterocycles. The number of rotatable bonds is 10. The van der Waals surface area contributed by atoms with E-state index in [9.17, 15) is 0 Å². The Morgan fingerprint density at radius 1 is 1.10 bits per heavy atom. The summed E-state index contributed by atoms with van der Waals surface area (Å²) in [6.45, 7) is 7.95. The summed E-state index contributed by atoms with van der Waals surface area (Å²) in [6.07, 6.45) is 6.05. The Morgan fingerprint density at radius 3 is 2.30 bits per heavy atom. The van der Waals surface area contributed by atoms with Crippen molar-refractivity contribution in [1.82, 2.24) is 4.90 Å². The Labute approximate surface area is 129 Å². The second-order valence-corrected chi connectivity index (χ2v) is 5.94. The molecule has 2 N–H and O–H groups in total. The van der Waals surface area contributed by atoms with E-state index in [0.29, 0.717) is 0 Å². The molecular weight excluding hydrogens is 268 g/mol. The molecular formula is C17H29ClN2. The van der Waals surface area contributed by atoms with Crippen molar-refractivity contribution in [2.75, 3.05) is 19.6 Å². The minimum Gasteiger partial charge on any atom is -0.324 e. The summed E-state index contributed by atoms with van der Waals surface area (Å²) in [5.41, 5.74) is 7.43. The van der Waals surface area contributed by atoms with Gasteiger partial charge in [0.1, 0.15) is 0 Å². The highest BCUT2D eigenvalue weighted by molar-refractivity contribution is 6.30. The largest absolute Gasteiger partial charge is 0.324 e. The fraction of sp³-hybridized carbons (Fsp3) is 0.647. The molecule has 0 radical (unpaired) electrons. The van der Waals surface area contributed by atoms with Gasteiger partial charge in [0.25, 0.3) is 0 Å². The molecule has 114 valence electrons. The molecule has 0 heterocycles. The molecule has 1 atom stereocenters. The van der Waals surface area contributed by atoms with E-state index >= 15 is 0 Å². The highest BCUT2D eigenvalue weighted by Crippen LogP contribution is 2.19. The van der Waals surface area contributed by atoms with E-state index < -0.39 is 0 Å². The van der Waals surface area contributed by atoms with Gasteiger partial charge in [0.2, 0.25) is 0 Å². The van der Waals surface area contributed by atoms with Crippen LogP contribution in [0.1, 0.15) is 57.6 Å². The maximum Gasteiger partial charge on any atom is 0.0409 e. The van der Waals surface area contributed by atoms with Crippen LogP contribution in [0.4, 0.5) is 0 Å². The summed E-state index contributed by atoms with van der Waals surface area (Å²) < 4.78 is 0. The predicted octanol–water partition coefficient (Wildman–Crippen LogP) is 4.63. The zero-order valence-electron chi connectivity index (χ0n) is 12.9. The maximum absolute atomic E-state index is 6.28. The third-order valence-electron chi connectivity index (χ3n) is 3.69. The smallest absolute Gasteiger partial charge is 0.0409 e. The molecule has 0 aliphatic heterocycles. The molecule has 1 unspecified atom stereocenters. The van der Waals surface area contributed by atoms with Gasteiger partial charge in [0, 0.05) is 11.1 Å². The lowest BCUT2D eigenvalue weighted by molar-refractivity contribution is 0.255. The van der Waals surface area contributed by atoms with Crippen LogP contribution in [0.15, 0.2) is 24.3 Å². The van der Waals surface area contributed by atoms with Crippen LogP contribution < -0.4 is 5.73 Å². The zero-order chi connectivity index (χ0) is 14.8. The molecule has 1 rings (SSSR count). The number of halogens is 1. The zero-order valence-corrected chi connectivity index (χ0v) is 13.7. The number of hydrogen-bond acceptors (Lipinski definition) is 2. The second kappa shape index (κ2) is 10.2. The summed E-state index contributed by atoms with van der Waals surface area (Å²) in [6, 6.07) is 8.00. The average molecular weight is 297 g/mol. The first kappa shape index (κ1) is 17.5. The van der Waals surface area contributed by atoms with Gasteiger partial charge in [0.15, 0.2) is 0 Å². The first-order chi connectivity index (χ1) is 9.67. The lowest BCUT2D eigenvalue weighted by Crippen LogP contribution is -2.29. The van der Waals surface area contributed by atoms with Gasteiger partial charge in [-0.25, -0.2) is 0 Å². The topological polar surface area (TPSA) is 29.3 Å². The van der Waals surface area contributed by atoms with E-state index in [1.54, 1.807) is 0 Å². The monoisotopic (exact) mass is 296 g/mol. The molecule has 2 nitrogen and oxygen atoms in total.